The Hall–Kier alpha value is -1.06. The number of hydrogen-bond donors (Lipinski definition) is 0. The van der Waals surface area contributed by atoms with E-state index < -0.39 is 0 Å². The number of nitrogens with zero attached hydrogens (tertiary/aromatic N) is 1. The topological polar surface area (TPSA) is 46.6 Å². The summed E-state index contributed by atoms with van der Waals surface area (Å²) in [4.78, 5) is 24.0. The van der Waals surface area contributed by atoms with Gasteiger partial charge in [-0.3, -0.25) is 0 Å². The van der Waals surface area contributed by atoms with E-state index in [0.717, 1.165) is 25.5 Å². The Bertz CT molecular complexity index is 279. The molecule has 2 aliphatic rings. The Morgan fingerprint density at radius 3 is 3.07 bits per heavy atom. The first kappa shape index (κ1) is 10.5. The van der Waals surface area contributed by atoms with Gasteiger partial charge in [-0.2, -0.15) is 0 Å². The summed E-state index contributed by atoms with van der Waals surface area (Å²) < 4.78 is 5.10. The van der Waals surface area contributed by atoms with Crippen LogP contribution in [0.2, 0.25) is 0 Å². The number of likely N-dealkylation sites (tertiary alicyclic amines) is 1. The lowest BCUT2D eigenvalue weighted by molar-refractivity contribution is -0.112. The lowest BCUT2D eigenvalue weighted by Crippen LogP contribution is -2.32. The number of piperidine rings is 1. The summed E-state index contributed by atoms with van der Waals surface area (Å²) in [6.07, 6.45) is 3.64. The molecule has 4 nitrogen and oxygen atoms in total. The molecule has 0 aromatic rings. The molecule has 84 valence electrons. The number of unbranched alkanes of at least 4 members (excludes halogenated alkanes) is 1. The molecule has 1 saturated heterocycles. The summed E-state index contributed by atoms with van der Waals surface area (Å²) >= 11 is 0. The van der Waals surface area contributed by atoms with Crippen molar-refractivity contribution in [3.05, 3.63) is 0 Å². The maximum absolute atomic E-state index is 11.5. The largest absolute Gasteiger partial charge is 0.449 e. The predicted molar refractivity (Wildman–Crippen MR) is 54.4 cm³/mol. The highest BCUT2D eigenvalue weighted by Crippen LogP contribution is 2.56. The van der Waals surface area contributed by atoms with Crippen LogP contribution in [0.4, 0.5) is 4.79 Å². The number of carbonyl (C=O) groups excluding carboxylic acids is 2. The summed E-state index contributed by atoms with van der Waals surface area (Å²) in [7, 11) is 0. The van der Waals surface area contributed by atoms with Gasteiger partial charge in [0, 0.05) is 18.5 Å². The Morgan fingerprint density at radius 1 is 1.67 bits per heavy atom. The first-order chi connectivity index (χ1) is 7.22. The summed E-state index contributed by atoms with van der Waals surface area (Å²) in [6.45, 7) is 3.81. The fourth-order valence-electron chi connectivity index (χ4n) is 2.24. The van der Waals surface area contributed by atoms with Crippen molar-refractivity contribution in [2.75, 3.05) is 19.7 Å². The van der Waals surface area contributed by atoms with Crippen LogP contribution in [0.1, 0.15) is 26.2 Å². The average Bonchev–Trinajstić information content (AvgIpc) is 2.81. The third-order valence-electron chi connectivity index (χ3n) is 3.42. The van der Waals surface area contributed by atoms with Gasteiger partial charge in [0.15, 0.2) is 0 Å². The first-order valence-electron chi connectivity index (χ1n) is 5.60. The summed E-state index contributed by atoms with van der Waals surface area (Å²) in [5.74, 6) is 0.397. The van der Waals surface area contributed by atoms with E-state index in [-0.39, 0.29) is 11.5 Å². The van der Waals surface area contributed by atoms with Crippen LogP contribution in [0.15, 0.2) is 0 Å². The van der Waals surface area contributed by atoms with E-state index in [0.29, 0.717) is 25.6 Å². The minimum atomic E-state index is -0.253. The molecule has 0 bridgehead atoms. The van der Waals surface area contributed by atoms with Crippen LogP contribution >= 0.6 is 0 Å². The van der Waals surface area contributed by atoms with Gasteiger partial charge in [0.2, 0.25) is 0 Å². The fraction of sp³-hybridized carbons (Fsp3) is 0.818. The molecule has 15 heavy (non-hydrogen) atoms. The molecule has 0 aromatic carbocycles. The first-order valence-corrected chi connectivity index (χ1v) is 5.60. The number of rotatable bonds is 4. The number of hydrogen-bond acceptors (Lipinski definition) is 3. The molecule has 0 spiro atoms. The van der Waals surface area contributed by atoms with Crippen LogP contribution in [-0.2, 0) is 9.53 Å². The van der Waals surface area contributed by atoms with Gasteiger partial charge >= 0.3 is 6.09 Å². The second-order valence-electron chi connectivity index (χ2n) is 4.60. The number of carbonyl (C=O) groups is 2. The lowest BCUT2D eigenvalue weighted by Gasteiger charge is -2.18. The predicted octanol–water partition coefficient (Wildman–Crippen LogP) is 1.44. The van der Waals surface area contributed by atoms with Gasteiger partial charge in [0.1, 0.15) is 6.29 Å². The highest BCUT2D eigenvalue weighted by Gasteiger charge is 2.61. The van der Waals surface area contributed by atoms with Crippen molar-refractivity contribution >= 4 is 12.4 Å². The van der Waals surface area contributed by atoms with E-state index in [4.69, 9.17) is 4.74 Å². The van der Waals surface area contributed by atoms with E-state index in [2.05, 4.69) is 6.92 Å². The van der Waals surface area contributed by atoms with Gasteiger partial charge in [-0.1, -0.05) is 13.3 Å². The molecule has 2 unspecified atom stereocenters. The molecule has 1 heterocycles. The molecular formula is C11H17NO3. The van der Waals surface area contributed by atoms with Gasteiger partial charge < -0.3 is 14.4 Å². The molecule has 1 amide bonds. The number of fused-ring (bicyclic) bond motifs is 1. The zero-order valence-corrected chi connectivity index (χ0v) is 9.07. The molecule has 2 atom stereocenters. The number of amides is 1. The molecule has 2 rings (SSSR count). The third kappa shape index (κ3) is 1.85. The molecular weight excluding hydrogens is 194 g/mol. The molecule has 0 radical (unpaired) electrons. The molecule has 2 fully saturated rings. The van der Waals surface area contributed by atoms with E-state index in [1.54, 1.807) is 4.90 Å². The summed E-state index contributed by atoms with van der Waals surface area (Å²) in [5, 5.41) is 0. The fourth-order valence-corrected chi connectivity index (χ4v) is 2.24. The van der Waals surface area contributed by atoms with Gasteiger partial charge in [-0.05, 0) is 18.8 Å². The monoisotopic (exact) mass is 211 g/mol. The summed E-state index contributed by atoms with van der Waals surface area (Å²) in [5.41, 5.74) is -0.205. The van der Waals surface area contributed by atoms with Crippen molar-refractivity contribution in [2.24, 2.45) is 11.3 Å². The van der Waals surface area contributed by atoms with Crippen molar-refractivity contribution in [3.8, 4) is 0 Å². The van der Waals surface area contributed by atoms with Crippen molar-refractivity contribution in [1.82, 2.24) is 4.90 Å². The van der Waals surface area contributed by atoms with Crippen molar-refractivity contribution in [3.63, 3.8) is 0 Å². The zero-order chi connectivity index (χ0) is 10.9. The van der Waals surface area contributed by atoms with Gasteiger partial charge in [-0.15, -0.1) is 0 Å². The second-order valence-corrected chi connectivity index (χ2v) is 4.60. The van der Waals surface area contributed by atoms with Crippen molar-refractivity contribution in [1.29, 1.82) is 0 Å². The Kier molecular flexibility index (Phi) is 2.67. The van der Waals surface area contributed by atoms with Gasteiger partial charge in [0.25, 0.3) is 0 Å². The highest BCUT2D eigenvalue weighted by atomic mass is 16.6. The SMILES string of the molecule is CCCCOC(=O)N1CC2CC2(C=O)C1. The Labute approximate surface area is 89.6 Å². The van der Waals surface area contributed by atoms with Gasteiger partial charge in [-0.25, -0.2) is 4.79 Å². The normalized spacial score (nSPS) is 32.3. The van der Waals surface area contributed by atoms with E-state index in [1.165, 1.54) is 0 Å². The molecule has 1 aliphatic heterocycles. The number of ether oxygens (including phenoxy) is 1. The molecule has 0 aromatic heterocycles. The van der Waals surface area contributed by atoms with Crippen LogP contribution in [0.3, 0.4) is 0 Å². The van der Waals surface area contributed by atoms with Crippen molar-refractivity contribution in [2.45, 2.75) is 26.2 Å². The molecule has 1 saturated carbocycles. The zero-order valence-electron chi connectivity index (χ0n) is 9.07. The summed E-state index contributed by atoms with van der Waals surface area (Å²) in [6, 6.07) is 0. The quantitative estimate of drug-likeness (QED) is 0.522. The second kappa shape index (κ2) is 3.83. The molecule has 4 heteroatoms. The van der Waals surface area contributed by atoms with Crippen molar-refractivity contribution < 1.29 is 14.3 Å². The van der Waals surface area contributed by atoms with Crippen LogP contribution in [-0.4, -0.2) is 37.0 Å². The molecule has 0 N–H and O–H groups in total. The standard InChI is InChI=1S/C11H17NO3/c1-2-3-4-15-10(14)12-6-9-5-11(9,7-12)8-13/h8-9H,2-7H2,1H3. The Balaban J connectivity index is 1.77. The highest BCUT2D eigenvalue weighted by molar-refractivity contribution is 5.73. The minimum Gasteiger partial charge on any atom is -0.449 e. The molecule has 1 aliphatic carbocycles. The Morgan fingerprint density at radius 2 is 2.47 bits per heavy atom. The van der Waals surface area contributed by atoms with E-state index >= 15 is 0 Å². The van der Waals surface area contributed by atoms with E-state index in [1.807, 2.05) is 0 Å². The maximum Gasteiger partial charge on any atom is 0.409 e. The third-order valence-corrected chi connectivity index (χ3v) is 3.42. The lowest BCUT2D eigenvalue weighted by atomic mass is 10.1. The van der Waals surface area contributed by atoms with Crippen LogP contribution in [0, 0.1) is 11.3 Å². The van der Waals surface area contributed by atoms with E-state index in [9.17, 15) is 9.59 Å². The van der Waals surface area contributed by atoms with Gasteiger partial charge in [0.05, 0.1) is 6.61 Å². The number of aldehydes is 1. The van der Waals surface area contributed by atoms with Crippen LogP contribution in [0.25, 0.3) is 0 Å². The van der Waals surface area contributed by atoms with Crippen LogP contribution < -0.4 is 0 Å². The average molecular weight is 211 g/mol. The minimum absolute atomic E-state index is 0.205. The smallest absolute Gasteiger partial charge is 0.409 e. The van der Waals surface area contributed by atoms with Crippen LogP contribution in [0.5, 0.6) is 0 Å². The maximum atomic E-state index is 11.5.